The fourth-order valence-electron chi connectivity index (χ4n) is 7.45. The Labute approximate surface area is 240 Å². The van der Waals surface area contributed by atoms with Gasteiger partial charge in [-0.1, -0.05) is 0 Å². The van der Waals surface area contributed by atoms with Crippen LogP contribution in [0.15, 0.2) is 17.8 Å². The van der Waals surface area contributed by atoms with Crippen molar-refractivity contribution in [2.45, 2.75) is 82.2 Å². The fraction of sp³-hybridized carbons (Fsp3) is 0.600. The summed E-state index contributed by atoms with van der Waals surface area (Å²) >= 11 is 1.47. The number of anilines is 2. The number of carbonyl (C=O) groups is 1. The van der Waals surface area contributed by atoms with E-state index in [0.29, 0.717) is 45.9 Å². The molecule has 40 heavy (non-hydrogen) atoms. The molecular formula is C30H39N7O2S. The molecule has 0 radical (unpaired) electrons. The number of ketones is 1. The molecule has 4 aliphatic rings. The lowest BCUT2D eigenvalue weighted by atomic mass is 9.61. The van der Waals surface area contributed by atoms with Crippen molar-refractivity contribution >= 4 is 33.8 Å². The Hall–Kier alpha value is -3.00. The molecule has 10 heteroatoms. The maximum Gasteiger partial charge on any atom is 0.226 e. The van der Waals surface area contributed by atoms with Gasteiger partial charge in [0.2, 0.25) is 5.95 Å². The van der Waals surface area contributed by atoms with E-state index in [1.165, 1.54) is 11.3 Å². The summed E-state index contributed by atoms with van der Waals surface area (Å²) < 4.78 is 5.58. The number of nitrogens with zero attached hydrogens (tertiary/aromatic N) is 5. The Morgan fingerprint density at radius 2 is 1.98 bits per heavy atom. The zero-order chi connectivity index (χ0) is 27.9. The van der Waals surface area contributed by atoms with Crippen molar-refractivity contribution in [3.63, 3.8) is 0 Å². The first-order valence-corrected chi connectivity index (χ1v) is 15.5. The summed E-state index contributed by atoms with van der Waals surface area (Å²) in [5.41, 5.74) is 15.3. The summed E-state index contributed by atoms with van der Waals surface area (Å²) in [7, 11) is 0. The van der Waals surface area contributed by atoms with Gasteiger partial charge in [-0.15, -0.1) is 11.3 Å². The second kappa shape index (κ2) is 11.1. The van der Waals surface area contributed by atoms with Crippen LogP contribution in [-0.4, -0.2) is 65.6 Å². The van der Waals surface area contributed by atoms with E-state index < -0.39 is 5.41 Å². The molecule has 0 unspecified atom stereocenters. The number of carbonyl (C=O) groups excluding carboxylic acids is 1. The number of ether oxygens (including phenoxy) is 1. The van der Waals surface area contributed by atoms with Gasteiger partial charge in [-0.25, -0.2) is 9.97 Å². The van der Waals surface area contributed by atoms with E-state index in [1.807, 2.05) is 6.07 Å². The summed E-state index contributed by atoms with van der Waals surface area (Å²) in [5.74, 6) is 0.708. The van der Waals surface area contributed by atoms with Crippen LogP contribution in [0.25, 0.3) is 5.70 Å². The van der Waals surface area contributed by atoms with E-state index in [9.17, 15) is 10.1 Å². The molecule has 2 aromatic rings. The van der Waals surface area contributed by atoms with E-state index >= 15 is 0 Å². The number of rotatable bonds is 3. The van der Waals surface area contributed by atoms with Crippen molar-refractivity contribution in [2.24, 2.45) is 5.73 Å². The van der Waals surface area contributed by atoms with Crippen LogP contribution >= 0.6 is 11.3 Å². The highest BCUT2D eigenvalue weighted by Crippen LogP contribution is 2.52. The molecule has 2 saturated heterocycles. The lowest BCUT2D eigenvalue weighted by Crippen LogP contribution is -2.45. The molecular weight excluding hydrogens is 522 g/mol. The minimum Gasteiger partial charge on any atom is -0.397 e. The van der Waals surface area contributed by atoms with E-state index in [2.05, 4.69) is 27.8 Å². The maximum atomic E-state index is 14.3. The third kappa shape index (κ3) is 4.68. The minimum atomic E-state index is -0.715. The molecule has 2 aliphatic heterocycles. The van der Waals surface area contributed by atoms with E-state index in [4.69, 9.17) is 21.2 Å². The Balaban J connectivity index is 1.29. The topological polar surface area (TPSA) is 134 Å². The second-order valence-corrected chi connectivity index (χ2v) is 12.9. The molecule has 4 N–H and O–H groups in total. The average molecular weight is 562 g/mol. The van der Waals surface area contributed by atoms with Crippen LogP contribution in [0.5, 0.6) is 0 Å². The highest BCUT2D eigenvalue weighted by Gasteiger charge is 2.49. The summed E-state index contributed by atoms with van der Waals surface area (Å²) in [6.07, 6.45) is 9.66. The van der Waals surface area contributed by atoms with Crippen LogP contribution < -0.4 is 16.4 Å². The van der Waals surface area contributed by atoms with Gasteiger partial charge in [-0.2, -0.15) is 5.26 Å². The number of nitrogens with two attached hydrogens (primary N) is 2. The standard InChI is InChI=1S/C30H39N7O2S/c1-19-18-36(20-8-15-39-16-9-20)13-4-14-37(19)29-34-12-7-23(35-29)26(32)21-5-2-10-30(27(21)38)11-3-6-24-25(30)22(17-31)28(33)40-24/h7,12,19-20H,2-6,8-11,13-16,18,32-33H2,1H3/b26-21-/t19-,30-/m0/s1. The molecule has 3 fully saturated rings. The lowest BCUT2D eigenvalue weighted by molar-refractivity contribution is -0.122. The molecule has 4 heterocycles. The zero-order valence-corrected chi connectivity index (χ0v) is 24.1. The second-order valence-electron chi connectivity index (χ2n) is 11.7. The molecule has 2 atom stereocenters. The predicted molar refractivity (Wildman–Crippen MR) is 157 cm³/mol. The highest BCUT2D eigenvalue weighted by molar-refractivity contribution is 7.16. The van der Waals surface area contributed by atoms with Crippen molar-refractivity contribution in [2.75, 3.05) is 43.5 Å². The molecule has 1 saturated carbocycles. The quantitative estimate of drug-likeness (QED) is 0.537. The molecule has 0 amide bonds. The molecule has 2 aliphatic carbocycles. The van der Waals surface area contributed by atoms with Gasteiger partial charge in [0.05, 0.1) is 22.4 Å². The third-order valence-electron chi connectivity index (χ3n) is 9.43. The number of aryl methyl sites for hydroxylation is 1. The molecule has 212 valence electrons. The minimum absolute atomic E-state index is 0.0434. The average Bonchev–Trinajstić information content (AvgIpc) is 3.19. The Kier molecular flexibility index (Phi) is 7.55. The first-order valence-electron chi connectivity index (χ1n) is 14.7. The summed E-state index contributed by atoms with van der Waals surface area (Å²) in [4.78, 5) is 29.8. The van der Waals surface area contributed by atoms with E-state index in [-0.39, 0.29) is 11.8 Å². The summed E-state index contributed by atoms with van der Waals surface area (Å²) in [6.45, 7) is 6.83. The monoisotopic (exact) mass is 561 g/mol. The normalized spacial score (nSPS) is 27.8. The van der Waals surface area contributed by atoms with Gasteiger partial charge in [0, 0.05) is 61.6 Å². The molecule has 2 aromatic heterocycles. The van der Waals surface area contributed by atoms with Crippen molar-refractivity contribution in [3.05, 3.63) is 39.5 Å². The largest absolute Gasteiger partial charge is 0.397 e. The molecule has 6 rings (SSSR count). The number of fused-ring (bicyclic) bond motifs is 2. The summed E-state index contributed by atoms with van der Waals surface area (Å²) in [6, 6.07) is 4.94. The number of hydrogen-bond acceptors (Lipinski definition) is 10. The first kappa shape index (κ1) is 27.2. The van der Waals surface area contributed by atoms with Crippen LogP contribution in [0.1, 0.15) is 80.0 Å². The Morgan fingerprint density at radius 1 is 1.20 bits per heavy atom. The number of allylic oxidation sites excluding steroid dienone is 1. The number of hydrogen-bond donors (Lipinski definition) is 2. The fourth-order valence-corrected chi connectivity index (χ4v) is 8.61. The molecule has 0 aromatic carbocycles. The Bertz CT molecular complexity index is 1360. The van der Waals surface area contributed by atoms with Gasteiger partial charge in [0.1, 0.15) is 11.1 Å². The van der Waals surface area contributed by atoms with Crippen LogP contribution in [-0.2, 0) is 21.4 Å². The van der Waals surface area contributed by atoms with Crippen molar-refractivity contribution in [3.8, 4) is 6.07 Å². The highest BCUT2D eigenvalue weighted by atomic mass is 32.1. The van der Waals surface area contributed by atoms with Crippen LogP contribution in [0.4, 0.5) is 10.9 Å². The van der Waals surface area contributed by atoms with E-state index in [1.54, 1.807) is 6.20 Å². The number of nitrogen functional groups attached to an aromatic ring is 1. The predicted octanol–water partition coefficient (Wildman–Crippen LogP) is 3.77. The van der Waals surface area contributed by atoms with Gasteiger partial charge in [0.25, 0.3) is 0 Å². The number of nitriles is 1. The molecule has 9 nitrogen and oxygen atoms in total. The van der Waals surface area contributed by atoms with Crippen molar-refractivity contribution < 1.29 is 9.53 Å². The number of Topliss-reactive ketones (excluding diaryl/α,β-unsaturated/α-hetero) is 1. The first-order chi connectivity index (χ1) is 19.4. The summed E-state index contributed by atoms with van der Waals surface area (Å²) in [5, 5.41) is 10.4. The number of aromatic nitrogens is 2. The van der Waals surface area contributed by atoms with Gasteiger partial charge < -0.3 is 21.1 Å². The van der Waals surface area contributed by atoms with E-state index in [0.717, 1.165) is 94.7 Å². The van der Waals surface area contributed by atoms with Gasteiger partial charge in [-0.3, -0.25) is 9.69 Å². The molecule has 1 spiro atoms. The van der Waals surface area contributed by atoms with Crippen molar-refractivity contribution in [1.29, 1.82) is 5.26 Å². The van der Waals surface area contributed by atoms with Crippen molar-refractivity contribution in [1.82, 2.24) is 14.9 Å². The van der Waals surface area contributed by atoms with Gasteiger partial charge in [-0.05, 0) is 76.3 Å². The maximum absolute atomic E-state index is 14.3. The molecule has 0 bridgehead atoms. The third-order valence-corrected chi connectivity index (χ3v) is 10.5. The number of thiophene rings is 1. The SMILES string of the molecule is C[C@H]1CN(C2CCOCC2)CCCN1c1nccc(/C(N)=C2\CCC[C@@]3(CCCc4sc(N)c(C#N)c43)C2=O)n1. The van der Waals surface area contributed by atoms with Crippen LogP contribution in [0, 0.1) is 11.3 Å². The van der Waals surface area contributed by atoms with Crippen LogP contribution in [0.2, 0.25) is 0 Å². The smallest absolute Gasteiger partial charge is 0.226 e. The van der Waals surface area contributed by atoms with Gasteiger partial charge in [0.15, 0.2) is 5.78 Å². The Morgan fingerprint density at radius 3 is 2.75 bits per heavy atom. The van der Waals surface area contributed by atoms with Gasteiger partial charge >= 0.3 is 0 Å². The van der Waals surface area contributed by atoms with Crippen LogP contribution in [0.3, 0.4) is 0 Å². The lowest BCUT2D eigenvalue weighted by Gasteiger charge is -2.40. The zero-order valence-electron chi connectivity index (χ0n) is 23.3.